The van der Waals surface area contributed by atoms with E-state index in [4.69, 9.17) is 16.9 Å². The van der Waals surface area contributed by atoms with Gasteiger partial charge in [-0.05, 0) is 41.5 Å². The summed E-state index contributed by atoms with van der Waals surface area (Å²) in [6, 6.07) is 13.9. The molecule has 0 aliphatic rings. The number of nitriles is 1. The van der Waals surface area contributed by atoms with Gasteiger partial charge in [0.05, 0.1) is 12.5 Å². The molecule has 2 aromatic rings. The highest BCUT2D eigenvalue weighted by Crippen LogP contribution is 2.19. The number of hydrogen-bond acceptors (Lipinski definition) is 2. The monoisotopic (exact) mass is 274 g/mol. The summed E-state index contributed by atoms with van der Waals surface area (Å²) in [5, 5.41) is 12.3. The number of nitrogens with one attached hydrogen (secondary N) is 1. The Balaban J connectivity index is 2.02. The molecule has 0 unspecified atom stereocenters. The second-order valence-corrected chi connectivity index (χ2v) is 4.53. The summed E-state index contributed by atoms with van der Waals surface area (Å²) < 4.78 is 13.1. The Morgan fingerprint density at radius 2 is 1.89 bits per heavy atom. The second-order valence-electron chi connectivity index (χ2n) is 4.12. The van der Waals surface area contributed by atoms with E-state index in [0.717, 1.165) is 11.3 Å². The summed E-state index contributed by atoms with van der Waals surface area (Å²) in [5.74, 6) is -0.300. The highest BCUT2D eigenvalue weighted by atomic mass is 35.5. The van der Waals surface area contributed by atoms with E-state index in [2.05, 4.69) is 11.4 Å². The molecule has 0 aliphatic heterocycles. The predicted molar refractivity (Wildman–Crippen MR) is 74.5 cm³/mol. The fourth-order valence-corrected chi connectivity index (χ4v) is 1.89. The van der Waals surface area contributed by atoms with E-state index >= 15 is 0 Å². The molecule has 4 heteroatoms. The van der Waals surface area contributed by atoms with Crippen LogP contribution in [0.2, 0.25) is 5.02 Å². The molecule has 0 bridgehead atoms. The first kappa shape index (κ1) is 13.4. The Morgan fingerprint density at radius 3 is 2.58 bits per heavy atom. The number of benzene rings is 2. The van der Waals surface area contributed by atoms with Crippen molar-refractivity contribution < 1.29 is 4.39 Å². The Bertz CT molecular complexity index is 603. The molecule has 0 amide bonds. The average Bonchev–Trinajstić information content (AvgIpc) is 2.42. The SMILES string of the molecule is N#CCc1ccc(NCc2cc(F)ccc2Cl)cc1. The van der Waals surface area contributed by atoms with Crippen molar-refractivity contribution in [3.63, 3.8) is 0 Å². The minimum absolute atomic E-state index is 0.300. The van der Waals surface area contributed by atoms with Gasteiger partial charge in [0, 0.05) is 17.3 Å². The molecule has 0 aliphatic carbocycles. The maximum atomic E-state index is 13.1. The van der Waals surface area contributed by atoms with Gasteiger partial charge in [0.1, 0.15) is 5.82 Å². The Labute approximate surface area is 116 Å². The number of halogens is 2. The van der Waals surface area contributed by atoms with Crippen LogP contribution >= 0.6 is 11.6 Å². The smallest absolute Gasteiger partial charge is 0.123 e. The van der Waals surface area contributed by atoms with Crippen LogP contribution in [0.1, 0.15) is 11.1 Å². The maximum absolute atomic E-state index is 13.1. The van der Waals surface area contributed by atoms with E-state index < -0.39 is 0 Å². The number of rotatable bonds is 4. The van der Waals surface area contributed by atoms with Gasteiger partial charge in [-0.3, -0.25) is 0 Å². The molecule has 2 rings (SSSR count). The highest BCUT2D eigenvalue weighted by Gasteiger charge is 2.02. The minimum Gasteiger partial charge on any atom is -0.381 e. The van der Waals surface area contributed by atoms with Crippen LogP contribution in [0, 0.1) is 17.1 Å². The summed E-state index contributed by atoms with van der Waals surface area (Å²) in [6.07, 6.45) is 0.399. The molecule has 2 aromatic carbocycles. The lowest BCUT2D eigenvalue weighted by atomic mass is 10.1. The lowest BCUT2D eigenvalue weighted by Crippen LogP contribution is -2.00. The molecule has 0 spiro atoms. The molecular formula is C15H12ClFN2. The standard InChI is InChI=1S/C15H12ClFN2/c16-15-6-3-13(17)9-12(15)10-19-14-4-1-11(2-5-14)7-8-18/h1-6,9,19H,7,10H2. The van der Waals surface area contributed by atoms with Crippen LogP contribution in [0.4, 0.5) is 10.1 Å². The third-order valence-electron chi connectivity index (χ3n) is 2.73. The average molecular weight is 275 g/mol. The van der Waals surface area contributed by atoms with Crippen LogP contribution in [-0.4, -0.2) is 0 Å². The fourth-order valence-electron chi connectivity index (χ4n) is 1.71. The summed E-state index contributed by atoms with van der Waals surface area (Å²) in [5.41, 5.74) is 2.58. The fraction of sp³-hybridized carbons (Fsp3) is 0.133. The molecule has 0 aromatic heterocycles. The van der Waals surface area contributed by atoms with Crippen LogP contribution in [0.3, 0.4) is 0 Å². The quantitative estimate of drug-likeness (QED) is 0.909. The Kier molecular flexibility index (Phi) is 4.38. The third kappa shape index (κ3) is 3.70. The molecule has 19 heavy (non-hydrogen) atoms. The topological polar surface area (TPSA) is 35.8 Å². The van der Waals surface area contributed by atoms with Crippen molar-refractivity contribution in [2.24, 2.45) is 0 Å². The Morgan fingerprint density at radius 1 is 1.16 bits per heavy atom. The first-order chi connectivity index (χ1) is 9.19. The summed E-state index contributed by atoms with van der Waals surface area (Å²) in [6.45, 7) is 0.453. The summed E-state index contributed by atoms with van der Waals surface area (Å²) >= 11 is 5.99. The van der Waals surface area contributed by atoms with Gasteiger partial charge in [-0.1, -0.05) is 23.7 Å². The molecule has 1 N–H and O–H groups in total. The first-order valence-corrected chi connectivity index (χ1v) is 6.20. The van der Waals surface area contributed by atoms with Crippen molar-refractivity contribution in [2.45, 2.75) is 13.0 Å². The van der Waals surface area contributed by atoms with Crippen molar-refractivity contribution in [1.29, 1.82) is 5.26 Å². The first-order valence-electron chi connectivity index (χ1n) is 5.83. The van der Waals surface area contributed by atoms with Crippen LogP contribution in [0.25, 0.3) is 0 Å². The van der Waals surface area contributed by atoms with Crippen molar-refractivity contribution in [2.75, 3.05) is 5.32 Å². The van der Waals surface area contributed by atoms with E-state index in [-0.39, 0.29) is 5.82 Å². The molecule has 0 radical (unpaired) electrons. The highest BCUT2D eigenvalue weighted by molar-refractivity contribution is 6.31. The molecule has 96 valence electrons. The molecule has 0 saturated carbocycles. The van der Waals surface area contributed by atoms with Gasteiger partial charge in [0.2, 0.25) is 0 Å². The van der Waals surface area contributed by atoms with Gasteiger partial charge in [0.25, 0.3) is 0 Å². The van der Waals surface area contributed by atoms with E-state index in [0.29, 0.717) is 23.6 Å². The van der Waals surface area contributed by atoms with Crippen molar-refractivity contribution in [1.82, 2.24) is 0 Å². The molecule has 0 heterocycles. The molecular weight excluding hydrogens is 263 g/mol. The van der Waals surface area contributed by atoms with E-state index in [9.17, 15) is 4.39 Å². The summed E-state index contributed by atoms with van der Waals surface area (Å²) in [7, 11) is 0. The largest absolute Gasteiger partial charge is 0.381 e. The lowest BCUT2D eigenvalue weighted by Gasteiger charge is -2.08. The second kappa shape index (κ2) is 6.21. The van der Waals surface area contributed by atoms with Crippen LogP contribution in [-0.2, 0) is 13.0 Å². The van der Waals surface area contributed by atoms with Gasteiger partial charge < -0.3 is 5.32 Å². The van der Waals surface area contributed by atoms with Crippen molar-refractivity contribution in [3.05, 3.63) is 64.4 Å². The molecule has 0 atom stereocenters. The summed E-state index contributed by atoms with van der Waals surface area (Å²) in [4.78, 5) is 0. The predicted octanol–water partition coefficient (Wildman–Crippen LogP) is 4.16. The van der Waals surface area contributed by atoms with Gasteiger partial charge >= 0.3 is 0 Å². The molecule has 0 fully saturated rings. The van der Waals surface area contributed by atoms with Crippen LogP contribution in [0.15, 0.2) is 42.5 Å². The molecule has 2 nitrogen and oxygen atoms in total. The number of anilines is 1. The van der Waals surface area contributed by atoms with E-state index in [1.54, 1.807) is 6.07 Å². The zero-order valence-corrected chi connectivity index (χ0v) is 10.9. The van der Waals surface area contributed by atoms with E-state index in [1.165, 1.54) is 12.1 Å². The number of hydrogen-bond donors (Lipinski definition) is 1. The molecule has 0 saturated heterocycles. The minimum atomic E-state index is -0.300. The van der Waals surface area contributed by atoms with E-state index in [1.807, 2.05) is 24.3 Å². The van der Waals surface area contributed by atoms with Crippen molar-refractivity contribution >= 4 is 17.3 Å². The zero-order valence-electron chi connectivity index (χ0n) is 10.2. The third-order valence-corrected chi connectivity index (χ3v) is 3.10. The van der Waals surface area contributed by atoms with Gasteiger partial charge in [0.15, 0.2) is 0 Å². The van der Waals surface area contributed by atoms with Gasteiger partial charge in [-0.2, -0.15) is 5.26 Å². The maximum Gasteiger partial charge on any atom is 0.123 e. The van der Waals surface area contributed by atoms with Gasteiger partial charge in [-0.15, -0.1) is 0 Å². The Hall–Kier alpha value is -2.05. The number of nitrogens with zero attached hydrogens (tertiary/aromatic N) is 1. The van der Waals surface area contributed by atoms with Crippen molar-refractivity contribution in [3.8, 4) is 6.07 Å². The normalized spacial score (nSPS) is 9.95. The van der Waals surface area contributed by atoms with Crippen LogP contribution < -0.4 is 5.32 Å². The zero-order chi connectivity index (χ0) is 13.7. The van der Waals surface area contributed by atoms with Crippen LogP contribution in [0.5, 0.6) is 0 Å². The van der Waals surface area contributed by atoms with Gasteiger partial charge in [-0.25, -0.2) is 4.39 Å². The lowest BCUT2D eigenvalue weighted by molar-refractivity contribution is 0.626.